The Morgan fingerprint density at radius 2 is 2.10 bits per heavy atom. The van der Waals surface area contributed by atoms with E-state index in [9.17, 15) is 13.2 Å². The van der Waals surface area contributed by atoms with Crippen LogP contribution in [-0.4, -0.2) is 26.6 Å². The Labute approximate surface area is 130 Å². The van der Waals surface area contributed by atoms with E-state index in [0.29, 0.717) is 29.2 Å². The zero-order valence-corrected chi connectivity index (χ0v) is 13.6. The van der Waals surface area contributed by atoms with Crippen LogP contribution in [0.3, 0.4) is 0 Å². The minimum Gasteiger partial charge on any atom is -0.328 e. The second-order valence-corrected chi connectivity index (χ2v) is 7.14. The predicted octanol–water partition coefficient (Wildman–Crippen LogP) is 2.17. The summed E-state index contributed by atoms with van der Waals surface area (Å²) in [5, 5.41) is 3.01. The quantitative estimate of drug-likeness (QED) is 0.711. The van der Waals surface area contributed by atoms with Gasteiger partial charge < -0.3 is 11.1 Å². The molecule has 1 amide bonds. The van der Waals surface area contributed by atoms with Crippen LogP contribution in [0.2, 0.25) is 5.02 Å². The van der Waals surface area contributed by atoms with Gasteiger partial charge in [-0.15, -0.1) is 0 Å². The lowest BCUT2D eigenvalue weighted by molar-refractivity contribution is -0.116. The lowest BCUT2D eigenvalue weighted by atomic mass is 10.1. The van der Waals surface area contributed by atoms with Crippen molar-refractivity contribution in [2.75, 3.05) is 16.3 Å². The molecule has 0 spiro atoms. The van der Waals surface area contributed by atoms with Gasteiger partial charge >= 0.3 is 0 Å². The Hall–Kier alpha value is -1.31. The van der Waals surface area contributed by atoms with E-state index in [1.807, 2.05) is 6.92 Å². The molecule has 0 aliphatic carbocycles. The molecule has 0 aliphatic heterocycles. The van der Waals surface area contributed by atoms with Crippen molar-refractivity contribution in [3.8, 4) is 0 Å². The minimum atomic E-state index is -3.38. The minimum absolute atomic E-state index is 0.0590. The smallest absolute Gasteiger partial charge is 0.229 e. The average Bonchev–Trinajstić information content (AvgIpc) is 2.31. The fourth-order valence-electron chi connectivity index (χ4n) is 1.70. The van der Waals surface area contributed by atoms with Gasteiger partial charge in [-0.05, 0) is 38.0 Å². The van der Waals surface area contributed by atoms with Crippen LogP contribution in [0.25, 0.3) is 0 Å². The maximum absolute atomic E-state index is 11.8. The highest BCUT2D eigenvalue weighted by molar-refractivity contribution is 7.92. The molecule has 0 saturated carbocycles. The van der Waals surface area contributed by atoms with Crippen LogP contribution in [0.4, 0.5) is 11.4 Å². The molecule has 0 bridgehead atoms. The maximum atomic E-state index is 11.8. The molecule has 21 heavy (non-hydrogen) atoms. The van der Waals surface area contributed by atoms with Crippen molar-refractivity contribution >= 4 is 38.9 Å². The zero-order valence-electron chi connectivity index (χ0n) is 12.0. The van der Waals surface area contributed by atoms with Gasteiger partial charge in [-0.2, -0.15) is 0 Å². The maximum Gasteiger partial charge on any atom is 0.229 e. The van der Waals surface area contributed by atoms with Crippen LogP contribution in [-0.2, 0) is 14.8 Å². The van der Waals surface area contributed by atoms with Gasteiger partial charge in [-0.25, -0.2) is 8.42 Å². The van der Waals surface area contributed by atoms with Crippen molar-refractivity contribution in [1.82, 2.24) is 0 Å². The Morgan fingerprint density at radius 3 is 2.67 bits per heavy atom. The molecule has 118 valence electrons. The molecule has 1 rings (SSSR count). The molecule has 1 atom stereocenters. The van der Waals surface area contributed by atoms with E-state index in [1.54, 1.807) is 0 Å². The molecule has 1 unspecified atom stereocenters. The Kier molecular flexibility index (Phi) is 6.44. The number of nitrogens with two attached hydrogens (primary N) is 1. The van der Waals surface area contributed by atoms with Gasteiger partial charge in [0.15, 0.2) is 0 Å². The predicted molar refractivity (Wildman–Crippen MR) is 86.0 cm³/mol. The van der Waals surface area contributed by atoms with Crippen LogP contribution >= 0.6 is 11.6 Å². The molecule has 0 fully saturated rings. The third-order valence-electron chi connectivity index (χ3n) is 2.61. The van der Waals surface area contributed by atoms with E-state index in [1.165, 1.54) is 18.2 Å². The number of nitrogens with one attached hydrogen (secondary N) is 2. The topological polar surface area (TPSA) is 101 Å². The lowest BCUT2D eigenvalue weighted by Gasteiger charge is -2.10. The average molecular weight is 334 g/mol. The Bertz CT molecular complexity index is 603. The Morgan fingerprint density at radius 1 is 1.43 bits per heavy atom. The summed E-state index contributed by atoms with van der Waals surface area (Å²) in [6, 6.07) is 4.58. The number of rotatable bonds is 7. The van der Waals surface area contributed by atoms with Crippen LogP contribution in [0.1, 0.15) is 26.2 Å². The van der Waals surface area contributed by atoms with Gasteiger partial charge in [0.05, 0.1) is 22.7 Å². The number of benzene rings is 1. The van der Waals surface area contributed by atoms with E-state index in [4.69, 9.17) is 17.3 Å². The summed E-state index contributed by atoms with van der Waals surface area (Å²) in [6.07, 6.45) is 2.83. The van der Waals surface area contributed by atoms with Crippen LogP contribution in [0.5, 0.6) is 0 Å². The summed E-state index contributed by atoms with van der Waals surface area (Å²) < 4.78 is 24.7. The summed E-state index contributed by atoms with van der Waals surface area (Å²) in [7, 11) is -3.38. The number of hydrogen-bond donors (Lipinski definition) is 3. The molecule has 0 aromatic heterocycles. The first kappa shape index (κ1) is 17.7. The van der Waals surface area contributed by atoms with E-state index >= 15 is 0 Å². The number of halogens is 1. The summed E-state index contributed by atoms with van der Waals surface area (Å²) in [5.74, 6) is -0.186. The second kappa shape index (κ2) is 7.63. The normalized spacial score (nSPS) is 12.8. The number of amides is 1. The molecule has 0 saturated heterocycles. The van der Waals surface area contributed by atoms with Gasteiger partial charge in [0.25, 0.3) is 0 Å². The van der Waals surface area contributed by atoms with Gasteiger partial charge in [0.2, 0.25) is 15.9 Å². The lowest BCUT2D eigenvalue weighted by Crippen LogP contribution is -2.17. The molecule has 4 N–H and O–H groups in total. The fraction of sp³-hybridized carbons (Fsp3) is 0.462. The standard InChI is InChI=1S/C13H20ClN3O3S/c1-9(15)4-3-5-13(18)16-12-8-10(6-7-11(12)14)17-21(2,19)20/h6-9,17H,3-5,15H2,1-2H3,(H,16,18). The first-order valence-electron chi connectivity index (χ1n) is 6.50. The first-order chi connectivity index (χ1) is 9.67. The molecule has 0 aliphatic rings. The van der Waals surface area contributed by atoms with Crippen LogP contribution < -0.4 is 15.8 Å². The molecule has 0 radical (unpaired) electrons. The molecular formula is C13H20ClN3O3S. The highest BCUT2D eigenvalue weighted by atomic mass is 35.5. The number of hydrogen-bond acceptors (Lipinski definition) is 4. The largest absolute Gasteiger partial charge is 0.328 e. The molecule has 1 aromatic carbocycles. The highest BCUT2D eigenvalue weighted by Crippen LogP contribution is 2.26. The number of carbonyl (C=O) groups is 1. The van der Waals surface area contributed by atoms with Gasteiger partial charge in [-0.3, -0.25) is 9.52 Å². The third kappa shape index (κ3) is 7.31. The van der Waals surface area contributed by atoms with Crippen molar-refractivity contribution in [2.45, 2.75) is 32.2 Å². The molecule has 6 nitrogen and oxygen atoms in total. The summed E-state index contributed by atoms with van der Waals surface area (Å²) in [4.78, 5) is 11.8. The molecule has 1 aromatic rings. The van der Waals surface area contributed by atoms with Crippen LogP contribution in [0, 0.1) is 0 Å². The summed E-state index contributed by atoms with van der Waals surface area (Å²) in [5.41, 5.74) is 6.33. The van der Waals surface area contributed by atoms with Crippen molar-refractivity contribution < 1.29 is 13.2 Å². The van der Waals surface area contributed by atoms with Crippen molar-refractivity contribution in [3.63, 3.8) is 0 Å². The van der Waals surface area contributed by atoms with Gasteiger partial charge in [-0.1, -0.05) is 11.6 Å². The monoisotopic (exact) mass is 333 g/mol. The third-order valence-corrected chi connectivity index (χ3v) is 3.54. The van der Waals surface area contributed by atoms with E-state index < -0.39 is 10.0 Å². The second-order valence-electron chi connectivity index (χ2n) is 4.99. The summed E-state index contributed by atoms with van der Waals surface area (Å²) >= 11 is 5.98. The molecule has 0 heterocycles. The van der Waals surface area contributed by atoms with Gasteiger partial charge in [0.1, 0.15) is 0 Å². The Balaban J connectivity index is 2.69. The fourth-order valence-corrected chi connectivity index (χ4v) is 2.42. The number of carbonyl (C=O) groups excluding carboxylic acids is 1. The van der Waals surface area contributed by atoms with Gasteiger partial charge in [0, 0.05) is 12.5 Å². The molecule has 8 heteroatoms. The van der Waals surface area contributed by atoms with E-state index in [2.05, 4.69) is 10.0 Å². The van der Waals surface area contributed by atoms with E-state index in [-0.39, 0.29) is 11.9 Å². The van der Waals surface area contributed by atoms with Crippen LogP contribution in [0.15, 0.2) is 18.2 Å². The van der Waals surface area contributed by atoms with Crippen molar-refractivity contribution in [2.24, 2.45) is 5.73 Å². The number of sulfonamides is 1. The molecular weight excluding hydrogens is 314 g/mol. The SMILES string of the molecule is CC(N)CCCC(=O)Nc1cc(NS(C)(=O)=O)ccc1Cl. The first-order valence-corrected chi connectivity index (χ1v) is 8.77. The zero-order chi connectivity index (χ0) is 16.0. The van der Waals surface area contributed by atoms with E-state index in [0.717, 1.165) is 12.7 Å². The highest BCUT2D eigenvalue weighted by Gasteiger charge is 2.09. The summed E-state index contributed by atoms with van der Waals surface area (Å²) in [6.45, 7) is 1.88. The number of anilines is 2. The van der Waals surface area contributed by atoms with Crippen molar-refractivity contribution in [3.05, 3.63) is 23.2 Å². The van der Waals surface area contributed by atoms with Crippen molar-refractivity contribution in [1.29, 1.82) is 0 Å².